The van der Waals surface area contributed by atoms with Crippen LogP contribution in [-0.2, 0) is 6.42 Å². The van der Waals surface area contributed by atoms with Gasteiger partial charge in [-0.25, -0.2) is 0 Å². The summed E-state index contributed by atoms with van der Waals surface area (Å²) in [5.41, 5.74) is 8.57. The molecule has 2 rings (SSSR count). The number of hydrogen-bond acceptors (Lipinski definition) is 1. The molecule has 1 aliphatic carbocycles. The first-order chi connectivity index (χ1) is 6.18. The summed E-state index contributed by atoms with van der Waals surface area (Å²) < 4.78 is 1.06. The molecular formula is C10H11BrClN. The Morgan fingerprint density at radius 2 is 2.23 bits per heavy atom. The molecule has 3 heteroatoms. The molecule has 1 atom stereocenters. The first-order valence-corrected chi connectivity index (χ1v) is 5.59. The van der Waals surface area contributed by atoms with E-state index in [0.717, 1.165) is 22.3 Å². The SMILES string of the molecule is N[C@H]1CCCc2cc(Cl)cc(Br)c21. The van der Waals surface area contributed by atoms with Crippen LogP contribution in [0.3, 0.4) is 0 Å². The van der Waals surface area contributed by atoms with Gasteiger partial charge in [0.05, 0.1) is 0 Å². The van der Waals surface area contributed by atoms with Gasteiger partial charge in [-0.1, -0.05) is 27.5 Å². The molecule has 0 fully saturated rings. The lowest BCUT2D eigenvalue weighted by molar-refractivity contribution is 0.568. The lowest BCUT2D eigenvalue weighted by atomic mass is 9.88. The van der Waals surface area contributed by atoms with Gasteiger partial charge in [0.2, 0.25) is 0 Å². The standard InChI is InChI=1S/C10H11BrClN/c11-8-5-7(12)4-6-2-1-3-9(13)10(6)8/h4-5,9H,1-3,13H2/t9-/m0/s1. The molecule has 1 aromatic carbocycles. The molecule has 0 aromatic heterocycles. The molecule has 70 valence electrons. The highest BCUT2D eigenvalue weighted by atomic mass is 79.9. The quantitative estimate of drug-likeness (QED) is 0.760. The summed E-state index contributed by atoms with van der Waals surface area (Å²) in [4.78, 5) is 0. The van der Waals surface area contributed by atoms with Crippen LogP contribution in [0.15, 0.2) is 16.6 Å². The van der Waals surface area contributed by atoms with E-state index in [1.54, 1.807) is 0 Å². The van der Waals surface area contributed by atoms with Crippen molar-refractivity contribution in [3.8, 4) is 0 Å². The van der Waals surface area contributed by atoms with Crippen LogP contribution in [0.5, 0.6) is 0 Å². The molecule has 0 saturated carbocycles. The number of fused-ring (bicyclic) bond motifs is 1. The van der Waals surface area contributed by atoms with Crippen molar-refractivity contribution < 1.29 is 0 Å². The Balaban J connectivity index is 2.56. The number of benzene rings is 1. The minimum Gasteiger partial charge on any atom is -0.324 e. The van der Waals surface area contributed by atoms with E-state index in [1.165, 1.54) is 17.5 Å². The van der Waals surface area contributed by atoms with Crippen LogP contribution in [-0.4, -0.2) is 0 Å². The van der Waals surface area contributed by atoms with Gasteiger partial charge in [0.1, 0.15) is 0 Å². The van der Waals surface area contributed by atoms with Gasteiger partial charge in [0, 0.05) is 15.5 Å². The van der Waals surface area contributed by atoms with E-state index in [1.807, 2.05) is 12.1 Å². The van der Waals surface area contributed by atoms with Crippen molar-refractivity contribution in [3.63, 3.8) is 0 Å². The zero-order chi connectivity index (χ0) is 9.42. The molecule has 0 unspecified atom stereocenters. The highest BCUT2D eigenvalue weighted by Gasteiger charge is 2.19. The van der Waals surface area contributed by atoms with Gasteiger partial charge in [-0.15, -0.1) is 0 Å². The van der Waals surface area contributed by atoms with E-state index in [4.69, 9.17) is 17.3 Å². The lowest BCUT2D eigenvalue weighted by Crippen LogP contribution is -2.17. The zero-order valence-corrected chi connectivity index (χ0v) is 9.53. The normalized spacial score (nSPS) is 21.3. The minimum atomic E-state index is 0.176. The van der Waals surface area contributed by atoms with Crippen molar-refractivity contribution in [1.82, 2.24) is 0 Å². The highest BCUT2D eigenvalue weighted by molar-refractivity contribution is 9.10. The van der Waals surface area contributed by atoms with E-state index in [2.05, 4.69) is 15.9 Å². The lowest BCUT2D eigenvalue weighted by Gasteiger charge is -2.23. The molecule has 13 heavy (non-hydrogen) atoms. The van der Waals surface area contributed by atoms with Gasteiger partial charge in [0.15, 0.2) is 0 Å². The Morgan fingerprint density at radius 3 is 3.00 bits per heavy atom. The van der Waals surface area contributed by atoms with Gasteiger partial charge in [-0.2, -0.15) is 0 Å². The minimum absolute atomic E-state index is 0.176. The molecule has 0 heterocycles. The van der Waals surface area contributed by atoms with Gasteiger partial charge >= 0.3 is 0 Å². The fraction of sp³-hybridized carbons (Fsp3) is 0.400. The van der Waals surface area contributed by atoms with E-state index in [9.17, 15) is 0 Å². The van der Waals surface area contributed by atoms with Crippen molar-refractivity contribution in [3.05, 3.63) is 32.8 Å². The summed E-state index contributed by atoms with van der Waals surface area (Å²) in [5, 5.41) is 0.791. The number of rotatable bonds is 0. The van der Waals surface area contributed by atoms with Gasteiger partial charge in [0.25, 0.3) is 0 Å². The Morgan fingerprint density at radius 1 is 1.46 bits per heavy atom. The summed E-state index contributed by atoms with van der Waals surface area (Å²) >= 11 is 9.47. The van der Waals surface area contributed by atoms with Crippen LogP contribution >= 0.6 is 27.5 Å². The number of aryl methyl sites for hydroxylation is 1. The second-order valence-corrected chi connectivity index (χ2v) is 4.75. The molecule has 0 saturated heterocycles. The third kappa shape index (κ3) is 1.76. The predicted octanol–water partition coefficient (Wildman–Crippen LogP) is 3.44. The number of hydrogen-bond donors (Lipinski definition) is 1. The van der Waals surface area contributed by atoms with Crippen molar-refractivity contribution >= 4 is 27.5 Å². The first kappa shape index (κ1) is 9.50. The molecular weight excluding hydrogens is 249 g/mol. The van der Waals surface area contributed by atoms with Gasteiger partial charge in [-0.3, -0.25) is 0 Å². The van der Waals surface area contributed by atoms with Crippen LogP contribution in [0.4, 0.5) is 0 Å². The van der Waals surface area contributed by atoms with Crippen LogP contribution < -0.4 is 5.73 Å². The van der Waals surface area contributed by atoms with E-state index in [0.29, 0.717) is 0 Å². The van der Waals surface area contributed by atoms with Crippen molar-refractivity contribution in [2.45, 2.75) is 25.3 Å². The van der Waals surface area contributed by atoms with Crippen LogP contribution in [0, 0.1) is 0 Å². The molecule has 0 radical (unpaired) electrons. The van der Waals surface area contributed by atoms with Crippen LogP contribution in [0.2, 0.25) is 5.02 Å². The maximum Gasteiger partial charge on any atom is 0.0420 e. The average molecular weight is 261 g/mol. The Bertz CT molecular complexity index is 338. The third-order valence-electron chi connectivity index (χ3n) is 2.51. The van der Waals surface area contributed by atoms with Gasteiger partial charge < -0.3 is 5.73 Å². The Labute approximate surface area is 91.4 Å². The van der Waals surface area contributed by atoms with Crippen molar-refractivity contribution in [1.29, 1.82) is 0 Å². The van der Waals surface area contributed by atoms with E-state index < -0.39 is 0 Å². The largest absolute Gasteiger partial charge is 0.324 e. The fourth-order valence-corrected chi connectivity index (χ4v) is 3.08. The van der Waals surface area contributed by atoms with Gasteiger partial charge in [-0.05, 0) is 42.5 Å². The fourth-order valence-electron chi connectivity index (χ4n) is 1.92. The maximum atomic E-state index is 6.02. The highest BCUT2D eigenvalue weighted by Crippen LogP contribution is 2.35. The second-order valence-electron chi connectivity index (χ2n) is 3.46. The monoisotopic (exact) mass is 259 g/mol. The number of halogens is 2. The molecule has 1 aromatic rings. The molecule has 0 aliphatic heterocycles. The summed E-state index contributed by atoms with van der Waals surface area (Å²) in [6.07, 6.45) is 3.34. The predicted molar refractivity (Wildman–Crippen MR) is 59.0 cm³/mol. The Kier molecular flexibility index (Phi) is 2.63. The smallest absolute Gasteiger partial charge is 0.0420 e. The summed E-state index contributed by atoms with van der Waals surface area (Å²) in [5.74, 6) is 0. The molecule has 0 bridgehead atoms. The average Bonchev–Trinajstić information content (AvgIpc) is 2.02. The summed E-state index contributed by atoms with van der Waals surface area (Å²) in [6.45, 7) is 0. The van der Waals surface area contributed by atoms with Crippen molar-refractivity contribution in [2.75, 3.05) is 0 Å². The summed E-state index contributed by atoms with van der Waals surface area (Å²) in [6, 6.07) is 4.13. The first-order valence-electron chi connectivity index (χ1n) is 4.42. The molecule has 1 nitrogen and oxygen atoms in total. The maximum absolute atomic E-state index is 6.02. The van der Waals surface area contributed by atoms with Crippen LogP contribution in [0.1, 0.15) is 30.0 Å². The van der Waals surface area contributed by atoms with Crippen LogP contribution in [0.25, 0.3) is 0 Å². The molecule has 1 aliphatic rings. The third-order valence-corrected chi connectivity index (χ3v) is 3.39. The number of nitrogens with two attached hydrogens (primary N) is 1. The Hall–Kier alpha value is -0.0500. The molecule has 0 spiro atoms. The summed E-state index contributed by atoms with van der Waals surface area (Å²) in [7, 11) is 0. The van der Waals surface area contributed by atoms with E-state index >= 15 is 0 Å². The second kappa shape index (κ2) is 3.60. The van der Waals surface area contributed by atoms with Crippen molar-refractivity contribution in [2.24, 2.45) is 5.73 Å². The zero-order valence-electron chi connectivity index (χ0n) is 7.19. The topological polar surface area (TPSA) is 26.0 Å². The molecule has 0 amide bonds. The molecule has 2 N–H and O–H groups in total. The van der Waals surface area contributed by atoms with E-state index in [-0.39, 0.29) is 6.04 Å².